The summed E-state index contributed by atoms with van der Waals surface area (Å²) in [7, 11) is 0. The van der Waals surface area contributed by atoms with Gasteiger partial charge in [-0.3, -0.25) is 9.59 Å². The smallest absolute Gasteiger partial charge is 0.407 e. The van der Waals surface area contributed by atoms with Crippen molar-refractivity contribution in [3.8, 4) is 11.1 Å². The van der Waals surface area contributed by atoms with Gasteiger partial charge in [0.1, 0.15) is 6.61 Å². The lowest BCUT2D eigenvalue weighted by atomic mass is 9.87. The van der Waals surface area contributed by atoms with Crippen LogP contribution in [0.2, 0.25) is 0 Å². The van der Waals surface area contributed by atoms with E-state index in [2.05, 4.69) is 34.9 Å². The molecule has 7 heteroatoms. The van der Waals surface area contributed by atoms with Gasteiger partial charge in [0.05, 0.1) is 5.41 Å². The SMILES string of the molecule is CCC(C)(CNC(=O)CCCCCNC(=O)OCC1c2ccccc2-c2ccccc21)C(=O)O. The summed E-state index contributed by atoms with van der Waals surface area (Å²) in [6, 6.07) is 16.4. The van der Waals surface area contributed by atoms with Crippen LogP contribution in [0.5, 0.6) is 0 Å². The Morgan fingerprint density at radius 2 is 1.56 bits per heavy atom. The van der Waals surface area contributed by atoms with Crippen LogP contribution in [0.4, 0.5) is 4.79 Å². The number of carboxylic acids is 1. The van der Waals surface area contributed by atoms with Crippen LogP contribution in [0.15, 0.2) is 48.5 Å². The molecule has 0 radical (unpaired) electrons. The number of amides is 2. The average Bonchev–Trinajstić information content (AvgIpc) is 3.17. The third-order valence-electron chi connectivity index (χ3n) is 6.67. The Labute approximate surface area is 200 Å². The number of hydrogen-bond donors (Lipinski definition) is 3. The van der Waals surface area contributed by atoms with Gasteiger partial charge < -0.3 is 20.5 Å². The lowest BCUT2D eigenvalue weighted by Gasteiger charge is -2.23. The summed E-state index contributed by atoms with van der Waals surface area (Å²) in [5.41, 5.74) is 3.80. The van der Waals surface area contributed by atoms with Crippen molar-refractivity contribution in [1.29, 1.82) is 0 Å². The topological polar surface area (TPSA) is 105 Å². The molecule has 1 aliphatic carbocycles. The molecule has 0 aromatic heterocycles. The standard InChI is InChI=1S/C27H34N2O5/c1-3-27(2,25(31)32)18-29-24(30)15-5-4-10-16-28-26(33)34-17-23-21-13-8-6-11-19(21)20-12-7-9-14-22(20)23/h6-9,11-14,23H,3-5,10,15-18H2,1-2H3,(H,28,33)(H,29,30)(H,31,32). The molecule has 1 aliphatic rings. The van der Waals surface area contributed by atoms with E-state index in [9.17, 15) is 19.5 Å². The number of carbonyl (C=O) groups excluding carboxylic acids is 2. The lowest BCUT2D eigenvalue weighted by Crippen LogP contribution is -2.40. The first-order valence-corrected chi connectivity index (χ1v) is 11.9. The first-order chi connectivity index (χ1) is 16.4. The van der Waals surface area contributed by atoms with E-state index >= 15 is 0 Å². The molecule has 3 rings (SSSR count). The zero-order chi connectivity index (χ0) is 24.6. The van der Waals surface area contributed by atoms with Crippen LogP contribution in [0.3, 0.4) is 0 Å². The highest BCUT2D eigenvalue weighted by Crippen LogP contribution is 2.44. The van der Waals surface area contributed by atoms with E-state index in [4.69, 9.17) is 4.74 Å². The number of hydrogen-bond acceptors (Lipinski definition) is 4. The molecule has 7 nitrogen and oxygen atoms in total. The number of rotatable bonds is 12. The van der Waals surface area contributed by atoms with Crippen LogP contribution < -0.4 is 10.6 Å². The minimum absolute atomic E-state index is 0.0346. The molecule has 0 spiro atoms. The fourth-order valence-electron chi connectivity index (χ4n) is 4.16. The Morgan fingerprint density at radius 3 is 2.15 bits per heavy atom. The molecule has 2 aromatic carbocycles. The molecule has 34 heavy (non-hydrogen) atoms. The molecule has 0 aliphatic heterocycles. The quantitative estimate of drug-likeness (QED) is 0.393. The Kier molecular flexibility index (Phi) is 8.68. The summed E-state index contributed by atoms with van der Waals surface area (Å²) < 4.78 is 5.52. The third-order valence-corrected chi connectivity index (χ3v) is 6.67. The molecule has 182 valence electrons. The zero-order valence-electron chi connectivity index (χ0n) is 19.9. The Hall–Kier alpha value is -3.35. The monoisotopic (exact) mass is 466 g/mol. The number of benzene rings is 2. The van der Waals surface area contributed by atoms with E-state index in [1.807, 2.05) is 24.3 Å². The summed E-state index contributed by atoms with van der Waals surface area (Å²) in [5.74, 6) is -1.02. The van der Waals surface area contributed by atoms with E-state index in [1.165, 1.54) is 22.3 Å². The van der Waals surface area contributed by atoms with Gasteiger partial charge in [-0.25, -0.2) is 4.79 Å². The summed E-state index contributed by atoms with van der Waals surface area (Å²) in [4.78, 5) is 35.4. The van der Waals surface area contributed by atoms with E-state index in [1.54, 1.807) is 13.8 Å². The van der Waals surface area contributed by atoms with Crippen LogP contribution in [-0.2, 0) is 14.3 Å². The molecule has 0 fully saturated rings. The first kappa shape index (κ1) is 25.3. The highest BCUT2D eigenvalue weighted by molar-refractivity contribution is 5.79. The normalized spacial score (nSPS) is 13.9. The number of unbranched alkanes of at least 4 members (excludes halogenated alkanes) is 2. The van der Waals surface area contributed by atoms with E-state index < -0.39 is 17.5 Å². The van der Waals surface area contributed by atoms with Crippen molar-refractivity contribution in [3.63, 3.8) is 0 Å². The van der Waals surface area contributed by atoms with Gasteiger partial charge >= 0.3 is 12.1 Å². The Morgan fingerprint density at radius 1 is 0.941 bits per heavy atom. The van der Waals surface area contributed by atoms with Crippen molar-refractivity contribution in [1.82, 2.24) is 10.6 Å². The highest BCUT2D eigenvalue weighted by Gasteiger charge is 2.31. The fourth-order valence-corrected chi connectivity index (χ4v) is 4.16. The predicted octanol–water partition coefficient (Wildman–Crippen LogP) is 4.70. The van der Waals surface area contributed by atoms with Crippen molar-refractivity contribution in [2.75, 3.05) is 19.7 Å². The number of ether oxygens (including phenoxy) is 1. The van der Waals surface area contributed by atoms with Crippen molar-refractivity contribution < 1.29 is 24.2 Å². The van der Waals surface area contributed by atoms with Crippen LogP contribution in [0, 0.1) is 5.41 Å². The Bertz CT molecular complexity index is 976. The van der Waals surface area contributed by atoms with Gasteiger partial charge in [0.2, 0.25) is 5.91 Å². The van der Waals surface area contributed by atoms with Gasteiger partial charge in [0, 0.05) is 25.4 Å². The van der Waals surface area contributed by atoms with Gasteiger partial charge in [-0.05, 0) is 48.4 Å². The minimum atomic E-state index is -0.942. The van der Waals surface area contributed by atoms with Crippen LogP contribution >= 0.6 is 0 Å². The Balaban J connectivity index is 1.32. The molecule has 2 aromatic rings. The van der Waals surface area contributed by atoms with Crippen molar-refractivity contribution in [3.05, 3.63) is 59.7 Å². The maximum atomic E-state index is 12.2. The minimum Gasteiger partial charge on any atom is -0.481 e. The van der Waals surface area contributed by atoms with Crippen molar-refractivity contribution in [2.45, 2.75) is 51.9 Å². The van der Waals surface area contributed by atoms with E-state index in [-0.39, 0.29) is 25.0 Å². The van der Waals surface area contributed by atoms with Gasteiger partial charge in [0.25, 0.3) is 0 Å². The number of nitrogens with one attached hydrogen (secondary N) is 2. The molecular weight excluding hydrogens is 432 g/mol. The zero-order valence-corrected chi connectivity index (χ0v) is 19.9. The summed E-state index contributed by atoms with van der Waals surface area (Å²) in [5, 5.41) is 14.7. The number of alkyl carbamates (subject to hydrolysis) is 1. The van der Waals surface area contributed by atoms with Gasteiger partial charge in [-0.15, -0.1) is 0 Å². The molecule has 0 heterocycles. The summed E-state index contributed by atoms with van der Waals surface area (Å²) >= 11 is 0. The van der Waals surface area contributed by atoms with Crippen molar-refractivity contribution >= 4 is 18.0 Å². The van der Waals surface area contributed by atoms with Gasteiger partial charge in [0.15, 0.2) is 0 Å². The first-order valence-electron chi connectivity index (χ1n) is 11.9. The molecule has 3 N–H and O–H groups in total. The predicted molar refractivity (Wildman–Crippen MR) is 131 cm³/mol. The second-order valence-electron chi connectivity index (χ2n) is 9.06. The second-order valence-corrected chi connectivity index (χ2v) is 9.06. The van der Waals surface area contributed by atoms with Crippen molar-refractivity contribution in [2.24, 2.45) is 5.41 Å². The molecule has 1 unspecified atom stereocenters. The largest absolute Gasteiger partial charge is 0.481 e. The fraction of sp³-hybridized carbons (Fsp3) is 0.444. The number of carboxylic acid groups (broad SMARTS) is 1. The van der Waals surface area contributed by atoms with E-state index in [0.717, 1.165) is 12.8 Å². The maximum Gasteiger partial charge on any atom is 0.407 e. The number of aliphatic carboxylic acids is 1. The lowest BCUT2D eigenvalue weighted by molar-refractivity contribution is -0.148. The molecule has 0 saturated heterocycles. The van der Waals surface area contributed by atoms with E-state index in [0.29, 0.717) is 25.8 Å². The number of fused-ring (bicyclic) bond motifs is 3. The number of carbonyl (C=O) groups is 3. The van der Waals surface area contributed by atoms with Crippen LogP contribution in [0.1, 0.15) is 63.0 Å². The molecule has 0 saturated carbocycles. The summed E-state index contributed by atoms with van der Waals surface area (Å²) in [6.07, 6.45) is 2.54. The highest BCUT2D eigenvalue weighted by atomic mass is 16.5. The maximum absolute atomic E-state index is 12.2. The molecular formula is C27H34N2O5. The van der Waals surface area contributed by atoms with Gasteiger partial charge in [-0.1, -0.05) is 61.9 Å². The van der Waals surface area contributed by atoms with Crippen LogP contribution in [0.25, 0.3) is 11.1 Å². The molecule has 0 bridgehead atoms. The molecule has 2 amide bonds. The summed E-state index contributed by atoms with van der Waals surface area (Å²) in [6.45, 7) is 4.31. The average molecular weight is 467 g/mol. The van der Waals surface area contributed by atoms with Crippen LogP contribution in [-0.4, -0.2) is 42.8 Å². The molecule has 1 atom stereocenters. The third kappa shape index (κ3) is 6.16. The van der Waals surface area contributed by atoms with Gasteiger partial charge in [-0.2, -0.15) is 0 Å². The second kappa shape index (κ2) is 11.7.